The van der Waals surface area contributed by atoms with Crippen LogP contribution in [0.2, 0.25) is 0 Å². The minimum absolute atomic E-state index is 0.0188. The lowest BCUT2D eigenvalue weighted by atomic mass is 10.0. The number of hydrogen-bond donors (Lipinski definition) is 2. The van der Waals surface area contributed by atoms with Crippen LogP contribution in [-0.2, 0) is 11.2 Å². The molecule has 0 unspecified atom stereocenters. The van der Waals surface area contributed by atoms with Gasteiger partial charge in [-0.15, -0.1) is 0 Å². The van der Waals surface area contributed by atoms with Gasteiger partial charge in [-0.05, 0) is 45.7 Å². The average Bonchev–Trinajstić information content (AvgIpc) is 2.81. The first kappa shape index (κ1) is 15.6. The van der Waals surface area contributed by atoms with Gasteiger partial charge in [-0.25, -0.2) is 0 Å². The third-order valence-electron chi connectivity index (χ3n) is 3.80. The maximum atomic E-state index is 12.6. The number of nitrogens with two attached hydrogens (primary N) is 1. The van der Waals surface area contributed by atoms with E-state index in [4.69, 9.17) is 5.73 Å². The monoisotopic (exact) mass is 287 g/mol. The lowest BCUT2D eigenvalue weighted by Crippen LogP contribution is -2.50. The van der Waals surface area contributed by atoms with Gasteiger partial charge in [-0.2, -0.15) is 0 Å². The van der Waals surface area contributed by atoms with Crippen molar-refractivity contribution in [3.8, 4) is 0 Å². The second kappa shape index (κ2) is 6.31. The first-order valence-electron chi connectivity index (χ1n) is 7.54. The van der Waals surface area contributed by atoms with Crippen molar-refractivity contribution in [1.29, 1.82) is 0 Å². The van der Waals surface area contributed by atoms with E-state index in [2.05, 4.69) is 11.1 Å². The molecule has 0 fully saturated rings. The molecule has 1 aromatic carbocycles. The lowest BCUT2D eigenvalue weighted by molar-refractivity contribution is -0.136. The highest BCUT2D eigenvalue weighted by Gasteiger charge is 2.26. The van der Waals surface area contributed by atoms with Crippen LogP contribution in [0.4, 0.5) is 0 Å². The van der Waals surface area contributed by atoms with Crippen molar-refractivity contribution in [2.45, 2.75) is 52.2 Å². The van der Waals surface area contributed by atoms with Gasteiger partial charge in [0.1, 0.15) is 0 Å². The van der Waals surface area contributed by atoms with Crippen molar-refractivity contribution in [2.24, 2.45) is 5.73 Å². The number of amides is 1. The summed E-state index contributed by atoms with van der Waals surface area (Å²) in [5.74, 6) is 0.0188. The van der Waals surface area contributed by atoms with Crippen molar-refractivity contribution in [3.63, 3.8) is 0 Å². The first-order valence-corrected chi connectivity index (χ1v) is 7.54. The summed E-state index contributed by atoms with van der Waals surface area (Å²) < 4.78 is 0. The summed E-state index contributed by atoms with van der Waals surface area (Å²) in [5, 5.41) is 1.14. The number of para-hydroxylation sites is 1. The second-order valence-corrected chi connectivity index (χ2v) is 6.10. The molecule has 0 aliphatic carbocycles. The van der Waals surface area contributed by atoms with Crippen LogP contribution in [0.1, 0.15) is 33.3 Å². The fourth-order valence-electron chi connectivity index (χ4n) is 2.92. The standard InChI is InChI=1S/C17H25N3O/c1-11(2)20(12(3)4)17(21)15(18)9-13-10-19-16-8-6-5-7-14(13)16/h5-8,10-12,15,19H,9,18H2,1-4H3/t15-/m0/s1. The molecule has 0 bridgehead atoms. The lowest BCUT2D eigenvalue weighted by Gasteiger charge is -2.33. The molecule has 0 aliphatic rings. The second-order valence-electron chi connectivity index (χ2n) is 6.10. The highest BCUT2D eigenvalue weighted by atomic mass is 16.2. The van der Waals surface area contributed by atoms with Crippen LogP contribution >= 0.6 is 0 Å². The van der Waals surface area contributed by atoms with Gasteiger partial charge in [-0.1, -0.05) is 18.2 Å². The van der Waals surface area contributed by atoms with Crippen molar-refractivity contribution in [1.82, 2.24) is 9.88 Å². The van der Waals surface area contributed by atoms with Crippen molar-refractivity contribution in [3.05, 3.63) is 36.0 Å². The molecule has 21 heavy (non-hydrogen) atoms. The number of hydrogen-bond acceptors (Lipinski definition) is 2. The molecule has 0 radical (unpaired) electrons. The third kappa shape index (κ3) is 3.27. The zero-order valence-corrected chi connectivity index (χ0v) is 13.3. The number of nitrogens with zero attached hydrogens (tertiary/aromatic N) is 1. The van der Waals surface area contributed by atoms with Gasteiger partial charge in [0, 0.05) is 29.2 Å². The van der Waals surface area contributed by atoms with Crippen LogP contribution in [0.15, 0.2) is 30.5 Å². The molecular formula is C17H25N3O. The number of H-pyrrole nitrogens is 1. The fraction of sp³-hybridized carbons (Fsp3) is 0.471. The van der Waals surface area contributed by atoms with E-state index in [1.807, 2.05) is 57.0 Å². The van der Waals surface area contributed by atoms with E-state index in [9.17, 15) is 4.79 Å². The average molecular weight is 287 g/mol. The van der Waals surface area contributed by atoms with Gasteiger partial charge in [-0.3, -0.25) is 4.79 Å². The minimum atomic E-state index is -0.506. The van der Waals surface area contributed by atoms with Crippen molar-refractivity contribution in [2.75, 3.05) is 0 Å². The molecule has 1 atom stereocenters. The van der Waals surface area contributed by atoms with Crippen molar-refractivity contribution < 1.29 is 4.79 Å². The molecule has 3 N–H and O–H groups in total. The molecule has 0 saturated carbocycles. The number of aromatic amines is 1. The molecule has 1 heterocycles. The number of aromatic nitrogens is 1. The van der Waals surface area contributed by atoms with Crippen LogP contribution in [0.3, 0.4) is 0 Å². The summed E-state index contributed by atoms with van der Waals surface area (Å²) in [7, 11) is 0. The summed E-state index contributed by atoms with van der Waals surface area (Å²) in [4.78, 5) is 17.7. The smallest absolute Gasteiger partial charge is 0.240 e. The molecule has 0 saturated heterocycles. The van der Waals surface area contributed by atoms with Gasteiger partial charge < -0.3 is 15.6 Å². The van der Waals surface area contributed by atoms with E-state index in [0.717, 1.165) is 16.5 Å². The maximum Gasteiger partial charge on any atom is 0.240 e. The Morgan fingerprint density at radius 2 is 1.81 bits per heavy atom. The SMILES string of the molecule is CC(C)N(C(=O)[C@@H](N)Cc1c[nH]c2ccccc12)C(C)C. The Balaban J connectivity index is 2.17. The predicted octanol–water partition coefficient (Wildman–Crippen LogP) is 2.68. The Hall–Kier alpha value is -1.81. The van der Waals surface area contributed by atoms with Gasteiger partial charge in [0.25, 0.3) is 0 Å². The molecule has 1 amide bonds. The number of benzene rings is 1. The third-order valence-corrected chi connectivity index (χ3v) is 3.80. The quantitative estimate of drug-likeness (QED) is 0.888. The number of carbonyl (C=O) groups excluding carboxylic acids is 1. The van der Waals surface area contributed by atoms with Gasteiger partial charge >= 0.3 is 0 Å². The fourth-order valence-corrected chi connectivity index (χ4v) is 2.92. The topological polar surface area (TPSA) is 62.1 Å². The van der Waals surface area contributed by atoms with Crippen LogP contribution in [0.25, 0.3) is 10.9 Å². The van der Waals surface area contributed by atoms with E-state index in [1.165, 1.54) is 0 Å². The Labute approximate surface area is 126 Å². The van der Waals surface area contributed by atoms with E-state index < -0.39 is 6.04 Å². The first-order chi connectivity index (χ1) is 9.91. The summed E-state index contributed by atoms with van der Waals surface area (Å²) in [6, 6.07) is 7.89. The molecule has 114 valence electrons. The summed E-state index contributed by atoms with van der Waals surface area (Å²) in [5.41, 5.74) is 8.35. The number of fused-ring (bicyclic) bond motifs is 1. The van der Waals surface area contributed by atoms with Crippen LogP contribution in [0, 0.1) is 0 Å². The zero-order chi connectivity index (χ0) is 15.6. The molecule has 0 aliphatic heterocycles. The summed E-state index contributed by atoms with van der Waals surface area (Å²) >= 11 is 0. The Bertz CT molecular complexity index is 607. The van der Waals surface area contributed by atoms with E-state index >= 15 is 0 Å². The summed E-state index contributed by atoms with van der Waals surface area (Å²) in [6.07, 6.45) is 2.51. The van der Waals surface area contributed by atoms with Gasteiger partial charge in [0.15, 0.2) is 0 Å². The van der Waals surface area contributed by atoms with Gasteiger partial charge in [0.2, 0.25) is 5.91 Å². The largest absolute Gasteiger partial charge is 0.361 e. The Morgan fingerprint density at radius 3 is 2.43 bits per heavy atom. The van der Waals surface area contributed by atoms with E-state index in [1.54, 1.807) is 0 Å². The Kier molecular flexibility index (Phi) is 4.68. The molecule has 4 nitrogen and oxygen atoms in total. The van der Waals surface area contributed by atoms with Gasteiger partial charge in [0.05, 0.1) is 6.04 Å². The molecule has 4 heteroatoms. The van der Waals surface area contributed by atoms with Crippen molar-refractivity contribution >= 4 is 16.8 Å². The zero-order valence-electron chi connectivity index (χ0n) is 13.3. The van der Waals surface area contributed by atoms with Crippen LogP contribution in [-0.4, -0.2) is 33.9 Å². The molecular weight excluding hydrogens is 262 g/mol. The Morgan fingerprint density at radius 1 is 1.19 bits per heavy atom. The molecule has 1 aromatic heterocycles. The van der Waals surface area contributed by atoms with Crippen LogP contribution < -0.4 is 5.73 Å². The molecule has 0 spiro atoms. The highest BCUT2D eigenvalue weighted by molar-refractivity contribution is 5.86. The number of rotatable bonds is 5. The van der Waals surface area contributed by atoms with E-state index in [0.29, 0.717) is 6.42 Å². The summed E-state index contributed by atoms with van der Waals surface area (Å²) in [6.45, 7) is 8.10. The minimum Gasteiger partial charge on any atom is -0.361 e. The number of carbonyl (C=O) groups is 1. The number of nitrogens with one attached hydrogen (secondary N) is 1. The molecule has 2 rings (SSSR count). The normalized spacial score (nSPS) is 13.1. The molecule has 2 aromatic rings. The van der Waals surface area contributed by atoms with E-state index in [-0.39, 0.29) is 18.0 Å². The maximum absolute atomic E-state index is 12.6. The van der Waals surface area contributed by atoms with Crippen LogP contribution in [0.5, 0.6) is 0 Å². The highest BCUT2D eigenvalue weighted by Crippen LogP contribution is 2.19. The predicted molar refractivity (Wildman–Crippen MR) is 87.1 cm³/mol.